The van der Waals surface area contributed by atoms with Crippen molar-refractivity contribution in [2.75, 3.05) is 0 Å². The van der Waals surface area contributed by atoms with Gasteiger partial charge in [-0.3, -0.25) is 0 Å². The van der Waals surface area contributed by atoms with Crippen LogP contribution in [0.3, 0.4) is 0 Å². The molecule has 0 aliphatic heterocycles. The number of aliphatic carboxylic acids is 1. The van der Waals surface area contributed by atoms with Gasteiger partial charge in [-0.25, -0.2) is 4.79 Å². The summed E-state index contributed by atoms with van der Waals surface area (Å²) in [7, 11) is 0. The summed E-state index contributed by atoms with van der Waals surface area (Å²) in [6.45, 7) is 0. The molecule has 3 heteroatoms. The zero-order valence-electron chi connectivity index (χ0n) is 6.99. The van der Waals surface area contributed by atoms with E-state index in [1.807, 2.05) is 0 Å². The van der Waals surface area contributed by atoms with Gasteiger partial charge in [0.15, 0.2) is 5.60 Å². The molecule has 0 aromatic heterocycles. The third-order valence-corrected chi connectivity index (χ3v) is 3.41. The topological polar surface area (TPSA) is 57.5 Å². The number of carboxylic acid groups (broad SMARTS) is 1. The number of fused-ring (bicyclic) bond motifs is 1. The summed E-state index contributed by atoms with van der Waals surface area (Å²) in [5, 5.41) is 18.5. The molecule has 0 saturated heterocycles. The van der Waals surface area contributed by atoms with Crippen molar-refractivity contribution in [1.82, 2.24) is 0 Å². The fraction of sp³-hybridized carbons (Fsp3) is 0.889. The Morgan fingerprint density at radius 3 is 2.17 bits per heavy atom. The molecule has 0 aromatic carbocycles. The SMILES string of the molecule is O=C(O)C1(O)C[C@@H]2CCC[C@H]2C1. The van der Waals surface area contributed by atoms with Gasteiger partial charge in [-0.15, -0.1) is 0 Å². The Morgan fingerprint density at radius 1 is 1.25 bits per heavy atom. The normalized spacial score (nSPS) is 38.1. The van der Waals surface area contributed by atoms with Crippen LogP contribution in [0, 0.1) is 11.8 Å². The number of rotatable bonds is 1. The average molecular weight is 170 g/mol. The maximum atomic E-state index is 10.7. The molecule has 0 bridgehead atoms. The van der Waals surface area contributed by atoms with Crippen LogP contribution in [-0.2, 0) is 4.79 Å². The smallest absolute Gasteiger partial charge is 0.335 e. The average Bonchev–Trinajstić information content (AvgIpc) is 2.44. The van der Waals surface area contributed by atoms with E-state index in [2.05, 4.69) is 0 Å². The van der Waals surface area contributed by atoms with Crippen LogP contribution in [0.1, 0.15) is 32.1 Å². The molecule has 2 N–H and O–H groups in total. The van der Waals surface area contributed by atoms with Crippen LogP contribution in [0.2, 0.25) is 0 Å². The number of carbonyl (C=O) groups is 1. The zero-order chi connectivity index (χ0) is 8.77. The second-order valence-corrected chi connectivity index (χ2v) is 4.20. The predicted octanol–water partition coefficient (Wildman–Crippen LogP) is 1.01. The maximum absolute atomic E-state index is 10.7. The molecule has 3 nitrogen and oxygen atoms in total. The molecular weight excluding hydrogens is 156 g/mol. The Morgan fingerprint density at radius 2 is 1.75 bits per heavy atom. The first-order valence-electron chi connectivity index (χ1n) is 4.57. The quantitative estimate of drug-likeness (QED) is 0.617. The highest BCUT2D eigenvalue weighted by Crippen LogP contribution is 2.48. The van der Waals surface area contributed by atoms with Crippen molar-refractivity contribution < 1.29 is 15.0 Å². The molecule has 2 fully saturated rings. The van der Waals surface area contributed by atoms with Gasteiger partial charge in [0.25, 0.3) is 0 Å². The van der Waals surface area contributed by atoms with Gasteiger partial charge in [-0.05, 0) is 24.7 Å². The molecule has 2 rings (SSSR count). The van der Waals surface area contributed by atoms with Gasteiger partial charge < -0.3 is 10.2 Å². The lowest BCUT2D eigenvalue weighted by Gasteiger charge is -2.17. The lowest BCUT2D eigenvalue weighted by Crippen LogP contribution is -2.35. The molecule has 2 aliphatic carbocycles. The van der Waals surface area contributed by atoms with E-state index < -0.39 is 11.6 Å². The minimum absolute atomic E-state index is 0.478. The van der Waals surface area contributed by atoms with Crippen LogP contribution < -0.4 is 0 Å². The van der Waals surface area contributed by atoms with E-state index in [1.165, 1.54) is 6.42 Å². The van der Waals surface area contributed by atoms with Crippen LogP contribution >= 0.6 is 0 Å². The van der Waals surface area contributed by atoms with Gasteiger partial charge in [-0.2, -0.15) is 0 Å². The minimum atomic E-state index is -1.39. The second kappa shape index (κ2) is 2.46. The summed E-state index contributed by atoms with van der Waals surface area (Å²) in [4.78, 5) is 10.7. The summed E-state index contributed by atoms with van der Waals surface area (Å²) in [6, 6.07) is 0. The highest BCUT2D eigenvalue weighted by Gasteiger charge is 2.50. The Kier molecular flexibility index (Phi) is 1.65. The monoisotopic (exact) mass is 170 g/mol. The molecule has 2 atom stereocenters. The van der Waals surface area contributed by atoms with E-state index in [4.69, 9.17) is 5.11 Å². The first-order chi connectivity index (χ1) is 5.62. The Balaban J connectivity index is 2.11. The molecule has 68 valence electrons. The standard InChI is InChI=1S/C9H14O3/c10-8(11)9(12)4-6-2-1-3-7(6)5-9/h6-7,12H,1-5H2,(H,10,11)/t6-,7-/m0/s1. The van der Waals surface area contributed by atoms with Crippen molar-refractivity contribution in [3.05, 3.63) is 0 Å². The molecule has 12 heavy (non-hydrogen) atoms. The van der Waals surface area contributed by atoms with Crippen molar-refractivity contribution in [2.24, 2.45) is 11.8 Å². The summed E-state index contributed by atoms with van der Waals surface area (Å²) in [6.07, 6.45) is 4.39. The largest absolute Gasteiger partial charge is 0.479 e. The highest BCUT2D eigenvalue weighted by atomic mass is 16.4. The molecule has 0 aromatic rings. The van der Waals surface area contributed by atoms with Crippen LogP contribution in [0.15, 0.2) is 0 Å². The Labute approximate surface area is 71.4 Å². The van der Waals surface area contributed by atoms with Crippen LogP contribution in [0.5, 0.6) is 0 Å². The number of carboxylic acids is 1. The van der Waals surface area contributed by atoms with E-state index in [-0.39, 0.29) is 0 Å². The van der Waals surface area contributed by atoms with Gasteiger partial charge in [0.1, 0.15) is 0 Å². The number of hydrogen-bond donors (Lipinski definition) is 2. The van der Waals surface area contributed by atoms with E-state index in [0.717, 1.165) is 12.8 Å². The lowest BCUT2D eigenvalue weighted by molar-refractivity contribution is -0.158. The summed E-state index contributed by atoms with van der Waals surface area (Å²) >= 11 is 0. The fourth-order valence-electron chi connectivity index (χ4n) is 2.78. The number of hydrogen-bond acceptors (Lipinski definition) is 2. The van der Waals surface area contributed by atoms with Crippen molar-refractivity contribution in [2.45, 2.75) is 37.7 Å². The Hall–Kier alpha value is -0.570. The number of aliphatic hydroxyl groups is 1. The molecule has 0 spiro atoms. The van der Waals surface area contributed by atoms with Crippen LogP contribution in [0.25, 0.3) is 0 Å². The molecule has 0 radical (unpaired) electrons. The minimum Gasteiger partial charge on any atom is -0.479 e. The van der Waals surface area contributed by atoms with Gasteiger partial charge >= 0.3 is 5.97 Å². The lowest BCUT2D eigenvalue weighted by atomic mass is 9.99. The van der Waals surface area contributed by atoms with E-state index >= 15 is 0 Å². The predicted molar refractivity (Wildman–Crippen MR) is 42.7 cm³/mol. The molecule has 0 heterocycles. The highest BCUT2D eigenvalue weighted by molar-refractivity contribution is 5.77. The van der Waals surface area contributed by atoms with Crippen molar-refractivity contribution in [1.29, 1.82) is 0 Å². The second-order valence-electron chi connectivity index (χ2n) is 4.20. The summed E-state index contributed by atoms with van der Waals surface area (Å²) in [5.74, 6) is -0.0749. The van der Waals surface area contributed by atoms with Gasteiger partial charge in [-0.1, -0.05) is 19.3 Å². The maximum Gasteiger partial charge on any atom is 0.335 e. The van der Waals surface area contributed by atoms with Gasteiger partial charge in [0.2, 0.25) is 0 Å². The zero-order valence-corrected chi connectivity index (χ0v) is 6.99. The fourth-order valence-corrected chi connectivity index (χ4v) is 2.78. The summed E-state index contributed by atoms with van der Waals surface area (Å²) < 4.78 is 0. The van der Waals surface area contributed by atoms with Crippen LogP contribution in [0.4, 0.5) is 0 Å². The molecule has 0 amide bonds. The van der Waals surface area contributed by atoms with Crippen LogP contribution in [-0.4, -0.2) is 21.8 Å². The van der Waals surface area contributed by atoms with Crippen molar-refractivity contribution >= 4 is 5.97 Å². The van der Waals surface area contributed by atoms with E-state index in [1.54, 1.807) is 0 Å². The third kappa shape index (κ3) is 1.04. The van der Waals surface area contributed by atoms with E-state index in [0.29, 0.717) is 24.7 Å². The molecule has 2 aliphatic rings. The summed E-state index contributed by atoms with van der Waals surface area (Å²) in [5.41, 5.74) is -1.39. The molecular formula is C9H14O3. The van der Waals surface area contributed by atoms with Crippen molar-refractivity contribution in [3.63, 3.8) is 0 Å². The van der Waals surface area contributed by atoms with Gasteiger partial charge in [0.05, 0.1) is 0 Å². The first-order valence-corrected chi connectivity index (χ1v) is 4.57. The van der Waals surface area contributed by atoms with Gasteiger partial charge in [0, 0.05) is 0 Å². The molecule has 2 saturated carbocycles. The molecule has 0 unspecified atom stereocenters. The Bertz CT molecular complexity index is 200. The third-order valence-electron chi connectivity index (χ3n) is 3.41. The van der Waals surface area contributed by atoms with Crippen molar-refractivity contribution in [3.8, 4) is 0 Å². The first kappa shape index (κ1) is 8.05. The van der Waals surface area contributed by atoms with E-state index in [9.17, 15) is 9.90 Å².